The van der Waals surface area contributed by atoms with Crippen LogP contribution in [0.3, 0.4) is 0 Å². The van der Waals surface area contributed by atoms with Crippen molar-refractivity contribution in [3.8, 4) is 0 Å². The Morgan fingerprint density at radius 1 is 1.28 bits per heavy atom. The van der Waals surface area contributed by atoms with Gasteiger partial charge >= 0.3 is 0 Å². The topological polar surface area (TPSA) is 29.3 Å². The molecule has 0 aliphatic heterocycles. The standard InChI is InChI=1S/C16H28N2/c1-7-16(4,5)18(6)15(11-17)14-10-8-9-12(2)13(14)3/h8-10,15H,7,11,17H2,1-6H3. The van der Waals surface area contributed by atoms with E-state index in [1.165, 1.54) is 16.7 Å². The third-order valence-corrected chi connectivity index (χ3v) is 4.52. The van der Waals surface area contributed by atoms with Crippen molar-refractivity contribution in [3.63, 3.8) is 0 Å². The molecule has 0 amide bonds. The van der Waals surface area contributed by atoms with E-state index in [2.05, 4.69) is 64.8 Å². The second kappa shape index (κ2) is 5.85. The summed E-state index contributed by atoms with van der Waals surface area (Å²) in [5.74, 6) is 0. The quantitative estimate of drug-likeness (QED) is 0.865. The van der Waals surface area contributed by atoms with Crippen LogP contribution in [0.4, 0.5) is 0 Å². The van der Waals surface area contributed by atoms with Gasteiger partial charge in [0.15, 0.2) is 0 Å². The predicted octanol–water partition coefficient (Wildman–Crippen LogP) is 3.42. The van der Waals surface area contributed by atoms with E-state index in [9.17, 15) is 0 Å². The van der Waals surface area contributed by atoms with Gasteiger partial charge in [-0.25, -0.2) is 0 Å². The summed E-state index contributed by atoms with van der Waals surface area (Å²) in [7, 11) is 2.18. The number of hydrogen-bond acceptors (Lipinski definition) is 2. The summed E-state index contributed by atoms with van der Waals surface area (Å²) in [5, 5.41) is 0. The lowest BCUT2D eigenvalue weighted by Gasteiger charge is -2.41. The first kappa shape index (κ1) is 15.2. The maximum Gasteiger partial charge on any atom is 0.0475 e. The van der Waals surface area contributed by atoms with Crippen molar-refractivity contribution in [1.29, 1.82) is 0 Å². The Bertz CT molecular complexity index is 396. The minimum absolute atomic E-state index is 0.167. The highest BCUT2D eigenvalue weighted by molar-refractivity contribution is 5.35. The van der Waals surface area contributed by atoms with Gasteiger partial charge in [-0.15, -0.1) is 0 Å². The summed E-state index contributed by atoms with van der Waals surface area (Å²) < 4.78 is 0. The Morgan fingerprint density at radius 2 is 1.89 bits per heavy atom. The molecule has 0 fully saturated rings. The van der Waals surface area contributed by atoms with Gasteiger partial charge in [-0.1, -0.05) is 25.1 Å². The van der Waals surface area contributed by atoms with E-state index in [0.29, 0.717) is 12.6 Å². The first-order chi connectivity index (χ1) is 8.35. The fraction of sp³-hybridized carbons (Fsp3) is 0.625. The summed E-state index contributed by atoms with van der Waals surface area (Å²) >= 11 is 0. The lowest BCUT2D eigenvalue weighted by atomic mass is 9.91. The molecule has 0 aliphatic rings. The second-order valence-electron chi connectivity index (χ2n) is 5.82. The summed E-state index contributed by atoms with van der Waals surface area (Å²) in [5.41, 5.74) is 10.3. The van der Waals surface area contributed by atoms with Crippen molar-refractivity contribution in [3.05, 3.63) is 34.9 Å². The highest BCUT2D eigenvalue weighted by Gasteiger charge is 2.28. The number of nitrogens with two attached hydrogens (primary N) is 1. The van der Waals surface area contributed by atoms with Crippen LogP contribution >= 0.6 is 0 Å². The molecule has 2 nitrogen and oxygen atoms in total. The van der Waals surface area contributed by atoms with Gasteiger partial charge in [-0.3, -0.25) is 4.90 Å². The minimum atomic E-state index is 0.167. The number of nitrogens with zero attached hydrogens (tertiary/aromatic N) is 1. The van der Waals surface area contributed by atoms with Crippen molar-refractivity contribution in [1.82, 2.24) is 4.90 Å². The lowest BCUT2D eigenvalue weighted by molar-refractivity contribution is 0.100. The molecule has 18 heavy (non-hydrogen) atoms. The molecule has 1 aromatic carbocycles. The SMILES string of the molecule is CCC(C)(C)N(C)C(CN)c1cccc(C)c1C. The van der Waals surface area contributed by atoms with Gasteiger partial charge in [0.25, 0.3) is 0 Å². The van der Waals surface area contributed by atoms with E-state index in [1.807, 2.05) is 0 Å². The molecule has 0 spiro atoms. The summed E-state index contributed by atoms with van der Waals surface area (Å²) in [6.07, 6.45) is 1.12. The first-order valence-corrected chi connectivity index (χ1v) is 6.84. The molecule has 1 atom stereocenters. The second-order valence-corrected chi connectivity index (χ2v) is 5.82. The highest BCUT2D eigenvalue weighted by Crippen LogP contribution is 2.30. The van der Waals surface area contributed by atoms with E-state index < -0.39 is 0 Å². The Hall–Kier alpha value is -0.860. The van der Waals surface area contributed by atoms with Crippen LogP contribution in [0.15, 0.2) is 18.2 Å². The maximum absolute atomic E-state index is 6.03. The van der Waals surface area contributed by atoms with Crippen molar-refractivity contribution in [2.24, 2.45) is 5.73 Å². The van der Waals surface area contributed by atoms with Gasteiger partial charge in [-0.05, 0) is 57.9 Å². The Morgan fingerprint density at radius 3 is 2.39 bits per heavy atom. The van der Waals surface area contributed by atoms with Gasteiger partial charge < -0.3 is 5.73 Å². The van der Waals surface area contributed by atoms with Crippen molar-refractivity contribution >= 4 is 0 Å². The van der Waals surface area contributed by atoms with E-state index in [0.717, 1.165) is 6.42 Å². The summed E-state index contributed by atoms with van der Waals surface area (Å²) in [6, 6.07) is 6.80. The normalized spacial score (nSPS) is 14.0. The maximum atomic E-state index is 6.03. The minimum Gasteiger partial charge on any atom is -0.329 e. The van der Waals surface area contributed by atoms with Crippen LogP contribution in [0.5, 0.6) is 0 Å². The van der Waals surface area contributed by atoms with E-state index >= 15 is 0 Å². The lowest BCUT2D eigenvalue weighted by Crippen LogP contribution is -2.45. The molecule has 1 aromatic rings. The van der Waals surface area contributed by atoms with Crippen LogP contribution in [0.25, 0.3) is 0 Å². The molecule has 0 radical (unpaired) electrons. The van der Waals surface area contributed by atoms with Crippen molar-refractivity contribution in [2.75, 3.05) is 13.6 Å². The zero-order valence-corrected chi connectivity index (χ0v) is 12.7. The van der Waals surface area contributed by atoms with Gasteiger partial charge in [0.05, 0.1) is 0 Å². The third-order valence-electron chi connectivity index (χ3n) is 4.52. The molecule has 1 rings (SSSR count). The van der Waals surface area contributed by atoms with Crippen molar-refractivity contribution < 1.29 is 0 Å². The molecule has 0 bridgehead atoms. The van der Waals surface area contributed by atoms with Gasteiger partial charge in [0, 0.05) is 18.1 Å². The van der Waals surface area contributed by atoms with Crippen LogP contribution in [0, 0.1) is 13.8 Å². The molecule has 0 aromatic heterocycles. The predicted molar refractivity (Wildman–Crippen MR) is 79.8 cm³/mol. The average molecular weight is 248 g/mol. The zero-order chi connectivity index (χ0) is 13.9. The number of aryl methyl sites for hydroxylation is 1. The Kier molecular flexibility index (Phi) is 4.94. The van der Waals surface area contributed by atoms with Crippen LogP contribution in [0.2, 0.25) is 0 Å². The fourth-order valence-corrected chi connectivity index (χ4v) is 2.30. The Balaban J connectivity index is 3.14. The average Bonchev–Trinajstić information content (AvgIpc) is 2.35. The van der Waals surface area contributed by atoms with Crippen LogP contribution in [-0.4, -0.2) is 24.0 Å². The Labute approximate surface area is 112 Å². The number of rotatable bonds is 5. The fourth-order valence-electron chi connectivity index (χ4n) is 2.30. The molecular formula is C16H28N2. The smallest absolute Gasteiger partial charge is 0.0475 e. The molecule has 0 heterocycles. The monoisotopic (exact) mass is 248 g/mol. The van der Waals surface area contributed by atoms with Crippen LogP contribution < -0.4 is 5.73 Å². The third kappa shape index (κ3) is 2.93. The largest absolute Gasteiger partial charge is 0.329 e. The number of likely N-dealkylation sites (N-methyl/N-ethyl adjacent to an activating group) is 1. The highest BCUT2D eigenvalue weighted by atomic mass is 15.2. The molecule has 102 valence electrons. The number of hydrogen-bond donors (Lipinski definition) is 1. The molecule has 0 saturated heterocycles. The summed E-state index contributed by atoms with van der Waals surface area (Å²) in [4.78, 5) is 2.41. The molecule has 2 N–H and O–H groups in total. The zero-order valence-electron chi connectivity index (χ0n) is 12.7. The number of benzene rings is 1. The van der Waals surface area contributed by atoms with Crippen LogP contribution in [-0.2, 0) is 0 Å². The van der Waals surface area contributed by atoms with Crippen LogP contribution in [0.1, 0.15) is 49.9 Å². The molecule has 0 aliphatic carbocycles. The van der Waals surface area contributed by atoms with Gasteiger partial charge in [0.1, 0.15) is 0 Å². The van der Waals surface area contributed by atoms with Crippen molar-refractivity contribution in [2.45, 2.75) is 52.6 Å². The van der Waals surface area contributed by atoms with E-state index in [4.69, 9.17) is 5.73 Å². The summed E-state index contributed by atoms with van der Waals surface area (Å²) in [6.45, 7) is 11.8. The molecule has 1 unspecified atom stereocenters. The first-order valence-electron chi connectivity index (χ1n) is 6.84. The molecule has 2 heteroatoms. The molecular weight excluding hydrogens is 220 g/mol. The molecule has 0 saturated carbocycles. The van der Waals surface area contributed by atoms with Gasteiger partial charge in [0.2, 0.25) is 0 Å². The van der Waals surface area contributed by atoms with Gasteiger partial charge in [-0.2, -0.15) is 0 Å². The van der Waals surface area contributed by atoms with E-state index in [1.54, 1.807) is 0 Å². The van der Waals surface area contributed by atoms with E-state index in [-0.39, 0.29) is 5.54 Å².